The van der Waals surface area contributed by atoms with Gasteiger partial charge in [-0.3, -0.25) is 10.1 Å². The minimum absolute atomic E-state index is 0.0139. The van der Waals surface area contributed by atoms with Crippen LogP contribution in [0.25, 0.3) is 0 Å². The lowest BCUT2D eigenvalue weighted by Crippen LogP contribution is -2.42. The molecular weight excluding hydrogens is 248 g/mol. The first-order valence-electron chi connectivity index (χ1n) is 5.96. The highest BCUT2D eigenvalue weighted by Crippen LogP contribution is 2.19. The van der Waals surface area contributed by atoms with Crippen LogP contribution in [0.1, 0.15) is 18.5 Å². The van der Waals surface area contributed by atoms with Gasteiger partial charge in [0.2, 0.25) is 5.91 Å². The standard InChI is InChI=1S/C13H18N2O2S/c1-9(10-4-3-5-11(6-10)17-2)15-13(16)12-7-18-8-14-12/h3-6,9,12,14H,7-8H2,1-2H3,(H,15,16)/t9-,12?/m1/s1. The van der Waals surface area contributed by atoms with Gasteiger partial charge in [0.05, 0.1) is 19.2 Å². The van der Waals surface area contributed by atoms with Gasteiger partial charge in [0.15, 0.2) is 0 Å². The van der Waals surface area contributed by atoms with E-state index in [1.54, 1.807) is 18.9 Å². The summed E-state index contributed by atoms with van der Waals surface area (Å²) in [6.45, 7) is 1.98. The lowest BCUT2D eigenvalue weighted by molar-refractivity contribution is -0.123. The molecule has 1 aromatic carbocycles. The van der Waals surface area contributed by atoms with Crippen molar-refractivity contribution in [1.29, 1.82) is 0 Å². The molecule has 0 aromatic heterocycles. The number of benzene rings is 1. The predicted molar refractivity (Wildman–Crippen MR) is 73.8 cm³/mol. The molecule has 98 valence electrons. The fraction of sp³-hybridized carbons (Fsp3) is 0.462. The second kappa shape index (κ2) is 6.11. The van der Waals surface area contributed by atoms with Crippen LogP contribution in [0.4, 0.5) is 0 Å². The molecule has 1 amide bonds. The Morgan fingerprint density at radius 1 is 1.61 bits per heavy atom. The Hall–Kier alpha value is -1.20. The third kappa shape index (κ3) is 3.17. The zero-order valence-electron chi connectivity index (χ0n) is 10.6. The zero-order valence-corrected chi connectivity index (χ0v) is 11.4. The summed E-state index contributed by atoms with van der Waals surface area (Å²) in [4.78, 5) is 12.0. The molecule has 0 saturated carbocycles. The van der Waals surface area contributed by atoms with Crippen LogP contribution >= 0.6 is 11.8 Å². The fourth-order valence-electron chi connectivity index (χ4n) is 1.87. The molecule has 4 nitrogen and oxygen atoms in total. The fourth-order valence-corrected chi connectivity index (χ4v) is 2.81. The van der Waals surface area contributed by atoms with Crippen LogP contribution in [0.5, 0.6) is 5.75 Å². The molecule has 1 heterocycles. The van der Waals surface area contributed by atoms with Crippen molar-refractivity contribution in [2.45, 2.75) is 19.0 Å². The number of carbonyl (C=O) groups is 1. The number of rotatable bonds is 4. The first kappa shape index (κ1) is 13.2. The maximum absolute atomic E-state index is 12.0. The Bertz CT molecular complexity index is 419. The van der Waals surface area contributed by atoms with Crippen molar-refractivity contribution in [3.8, 4) is 5.75 Å². The highest BCUT2D eigenvalue weighted by Gasteiger charge is 2.23. The first-order valence-corrected chi connectivity index (χ1v) is 7.11. The SMILES string of the molecule is COc1cccc([C@@H](C)NC(=O)C2CSCN2)c1. The summed E-state index contributed by atoms with van der Waals surface area (Å²) >= 11 is 1.75. The third-order valence-corrected chi connectivity index (χ3v) is 3.93. The van der Waals surface area contributed by atoms with E-state index in [0.717, 1.165) is 22.9 Å². The van der Waals surface area contributed by atoms with Crippen LogP contribution in [-0.2, 0) is 4.79 Å². The molecule has 0 spiro atoms. The maximum atomic E-state index is 12.0. The molecule has 18 heavy (non-hydrogen) atoms. The van der Waals surface area contributed by atoms with Crippen LogP contribution < -0.4 is 15.4 Å². The highest BCUT2D eigenvalue weighted by molar-refractivity contribution is 7.99. The maximum Gasteiger partial charge on any atom is 0.238 e. The molecular formula is C13H18N2O2S. The van der Waals surface area contributed by atoms with Crippen molar-refractivity contribution in [3.05, 3.63) is 29.8 Å². The third-order valence-electron chi connectivity index (χ3n) is 2.99. The van der Waals surface area contributed by atoms with Gasteiger partial charge in [-0.05, 0) is 24.6 Å². The number of nitrogens with one attached hydrogen (secondary N) is 2. The first-order chi connectivity index (χ1) is 8.70. The van der Waals surface area contributed by atoms with Crippen molar-refractivity contribution < 1.29 is 9.53 Å². The smallest absolute Gasteiger partial charge is 0.238 e. The summed E-state index contributed by atoms with van der Waals surface area (Å²) in [6, 6.07) is 7.68. The number of amides is 1. The van der Waals surface area contributed by atoms with E-state index >= 15 is 0 Å². The van der Waals surface area contributed by atoms with Crippen molar-refractivity contribution in [2.24, 2.45) is 0 Å². The highest BCUT2D eigenvalue weighted by atomic mass is 32.2. The summed E-state index contributed by atoms with van der Waals surface area (Å²) in [5, 5.41) is 6.18. The van der Waals surface area contributed by atoms with Crippen molar-refractivity contribution in [3.63, 3.8) is 0 Å². The van der Waals surface area contributed by atoms with Crippen molar-refractivity contribution in [1.82, 2.24) is 10.6 Å². The lowest BCUT2D eigenvalue weighted by Gasteiger charge is -2.17. The minimum Gasteiger partial charge on any atom is -0.497 e. The quantitative estimate of drug-likeness (QED) is 0.868. The van der Waals surface area contributed by atoms with E-state index in [1.165, 1.54) is 0 Å². The van der Waals surface area contributed by atoms with E-state index in [0.29, 0.717) is 0 Å². The Balaban J connectivity index is 1.97. The van der Waals surface area contributed by atoms with E-state index in [4.69, 9.17) is 4.74 Å². The molecule has 2 atom stereocenters. The lowest BCUT2D eigenvalue weighted by atomic mass is 10.1. The number of ether oxygens (including phenoxy) is 1. The average molecular weight is 266 g/mol. The van der Waals surface area contributed by atoms with Crippen LogP contribution in [0, 0.1) is 0 Å². The van der Waals surface area contributed by atoms with E-state index in [-0.39, 0.29) is 18.0 Å². The van der Waals surface area contributed by atoms with E-state index < -0.39 is 0 Å². The molecule has 2 N–H and O–H groups in total. The molecule has 1 aromatic rings. The molecule has 0 radical (unpaired) electrons. The van der Waals surface area contributed by atoms with Gasteiger partial charge in [-0.2, -0.15) is 0 Å². The Morgan fingerprint density at radius 2 is 2.44 bits per heavy atom. The van der Waals surface area contributed by atoms with Gasteiger partial charge < -0.3 is 10.1 Å². The molecule has 5 heteroatoms. The van der Waals surface area contributed by atoms with Gasteiger partial charge >= 0.3 is 0 Å². The van der Waals surface area contributed by atoms with Crippen LogP contribution in [0.15, 0.2) is 24.3 Å². The molecule has 0 aliphatic carbocycles. The number of carbonyl (C=O) groups excluding carboxylic acids is 1. The van der Waals surface area contributed by atoms with Crippen molar-refractivity contribution >= 4 is 17.7 Å². The van der Waals surface area contributed by atoms with E-state index in [1.807, 2.05) is 31.2 Å². The molecule has 2 rings (SSSR count). The second-order valence-corrected chi connectivity index (χ2v) is 5.31. The molecule has 1 fully saturated rings. The van der Waals surface area contributed by atoms with Gasteiger partial charge in [-0.15, -0.1) is 11.8 Å². The number of hydrogen-bond acceptors (Lipinski definition) is 4. The van der Waals surface area contributed by atoms with Crippen LogP contribution in [-0.4, -0.2) is 30.7 Å². The van der Waals surface area contributed by atoms with E-state index in [2.05, 4.69) is 10.6 Å². The van der Waals surface area contributed by atoms with E-state index in [9.17, 15) is 4.79 Å². The summed E-state index contributed by atoms with van der Waals surface area (Å²) < 4.78 is 5.18. The summed E-state index contributed by atoms with van der Waals surface area (Å²) in [6.07, 6.45) is 0. The van der Waals surface area contributed by atoms with Crippen molar-refractivity contribution in [2.75, 3.05) is 18.7 Å². The molecule has 1 aliphatic heterocycles. The van der Waals surface area contributed by atoms with Gasteiger partial charge in [0, 0.05) is 11.6 Å². The Morgan fingerprint density at radius 3 is 3.11 bits per heavy atom. The molecule has 1 unspecified atom stereocenters. The second-order valence-electron chi connectivity index (χ2n) is 4.28. The van der Waals surface area contributed by atoms with Crippen LogP contribution in [0.3, 0.4) is 0 Å². The van der Waals surface area contributed by atoms with Crippen LogP contribution in [0.2, 0.25) is 0 Å². The summed E-state index contributed by atoms with van der Waals surface area (Å²) in [7, 11) is 1.64. The zero-order chi connectivity index (χ0) is 13.0. The normalized spacial score (nSPS) is 20.4. The Labute approximate surface area is 111 Å². The monoisotopic (exact) mass is 266 g/mol. The van der Waals surface area contributed by atoms with Gasteiger partial charge in [-0.1, -0.05) is 12.1 Å². The largest absolute Gasteiger partial charge is 0.497 e. The van der Waals surface area contributed by atoms with Gasteiger partial charge in [0.25, 0.3) is 0 Å². The number of hydrogen-bond donors (Lipinski definition) is 2. The van der Waals surface area contributed by atoms with Gasteiger partial charge in [0.1, 0.15) is 5.75 Å². The van der Waals surface area contributed by atoms with Gasteiger partial charge in [-0.25, -0.2) is 0 Å². The minimum atomic E-state index is -0.0666. The summed E-state index contributed by atoms with van der Waals surface area (Å²) in [5.41, 5.74) is 1.05. The summed E-state index contributed by atoms with van der Waals surface area (Å²) in [5.74, 6) is 2.57. The number of thioether (sulfide) groups is 1. The molecule has 1 saturated heterocycles. The predicted octanol–water partition coefficient (Wildman–Crippen LogP) is 1.53. The topological polar surface area (TPSA) is 50.4 Å². The molecule has 1 aliphatic rings. The Kier molecular flexibility index (Phi) is 4.49. The average Bonchev–Trinajstić information content (AvgIpc) is 2.92. The number of methoxy groups -OCH3 is 1. The molecule has 0 bridgehead atoms.